The van der Waals surface area contributed by atoms with Gasteiger partial charge >= 0.3 is 0 Å². The van der Waals surface area contributed by atoms with E-state index in [4.69, 9.17) is 5.10 Å². The third kappa shape index (κ3) is 4.47. The summed E-state index contributed by atoms with van der Waals surface area (Å²) in [6.45, 7) is 0. The second-order valence-corrected chi connectivity index (χ2v) is 7.07. The smallest absolute Gasteiger partial charge is 0.267 e. The summed E-state index contributed by atoms with van der Waals surface area (Å²) in [4.78, 5) is 16.1. The van der Waals surface area contributed by atoms with Crippen LogP contribution >= 0.6 is 15.9 Å². The largest absolute Gasteiger partial charge is 0.271 e. The van der Waals surface area contributed by atoms with Gasteiger partial charge in [0.25, 0.3) is 5.91 Å². The highest BCUT2D eigenvalue weighted by Crippen LogP contribution is 2.24. The molecule has 0 spiro atoms. The zero-order valence-corrected chi connectivity index (χ0v) is 16.8. The van der Waals surface area contributed by atoms with Gasteiger partial charge < -0.3 is 0 Å². The molecule has 6 nitrogen and oxygen atoms in total. The first kappa shape index (κ1) is 18.8. The van der Waals surface area contributed by atoms with E-state index in [1.165, 1.54) is 0 Å². The third-order valence-electron chi connectivity index (χ3n) is 4.19. The van der Waals surface area contributed by atoms with Crippen LogP contribution in [0.4, 0.5) is 0 Å². The van der Waals surface area contributed by atoms with E-state index in [2.05, 4.69) is 31.4 Å². The van der Waals surface area contributed by atoms with Crippen LogP contribution in [0.2, 0.25) is 0 Å². The van der Waals surface area contributed by atoms with Crippen molar-refractivity contribution in [1.29, 1.82) is 0 Å². The quantitative estimate of drug-likeness (QED) is 0.364. The normalized spacial score (nSPS) is 10.9. The lowest BCUT2D eigenvalue weighted by atomic mass is 10.1. The summed E-state index contributed by atoms with van der Waals surface area (Å²) in [7, 11) is 0. The third-order valence-corrected chi connectivity index (χ3v) is 4.72. The monoisotopic (exact) mass is 445 g/mol. The number of carbonyl (C=O) groups excluding carboxylic acids is 1. The molecule has 0 aliphatic rings. The number of benzene rings is 2. The number of hydrogen-bond acceptors (Lipinski definition) is 4. The molecule has 0 saturated heterocycles. The summed E-state index contributed by atoms with van der Waals surface area (Å²) in [5.41, 5.74) is 6.47. The molecule has 0 fully saturated rings. The van der Waals surface area contributed by atoms with E-state index < -0.39 is 0 Å². The van der Waals surface area contributed by atoms with Crippen LogP contribution < -0.4 is 5.43 Å². The van der Waals surface area contributed by atoms with Gasteiger partial charge in [-0.25, -0.2) is 10.1 Å². The lowest BCUT2D eigenvalue weighted by Gasteiger charge is -2.01. The highest BCUT2D eigenvalue weighted by Gasteiger charge is 2.11. The van der Waals surface area contributed by atoms with Crippen LogP contribution in [0.5, 0.6) is 0 Å². The van der Waals surface area contributed by atoms with E-state index in [-0.39, 0.29) is 5.91 Å². The number of para-hydroxylation sites is 1. The maximum absolute atomic E-state index is 12.2. The molecule has 4 rings (SSSR count). The average Bonchev–Trinajstić information content (AvgIpc) is 3.19. The van der Waals surface area contributed by atoms with E-state index in [0.717, 1.165) is 27.0 Å². The van der Waals surface area contributed by atoms with Gasteiger partial charge in [0.15, 0.2) is 0 Å². The summed E-state index contributed by atoms with van der Waals surface area (Å²) in [6, 6.07) is 21.0. The Bertz CT molecular complexity index is 1140. The van der Waals surface area contributed by atoms with Crippen molar-refractivity contribution in [2.75, 3.05) is 0 Å². The Morgan fingerprint density at radius 1 is 1.00 bits per heavy atom. The molecular weight excluding hydrogens is 430 g/mol. The first-order chi connectivity index (χ1) is 14.2. The molecular formula is C22H16BrN5O. The minimum Gasteiger partial charge on any atom is -0.267 e. The summed E-state index contributed by atoms with van der Waals surface area (Å²) >= 11 is 3.45. The second kappa shape index (κ2) is 8.62. The van der Waals surface area contributed by atoms with E-state index in [1.54, 1.807) is 35.4 Å². The molecule has 29 heavy (non-hydrogen) atoms. The number of halogens is 1. The number of hydrogen-bond donors (Lipinski definition) is 1. The first-order valence-electron chi connectivity index (χ1n) is 8.85. The topological polar surface area (TPSA) is 72.2 Å². The van der Waals surface area contributed by atoms with E-state index in [0.29, 0.717) is 5.56 Å². The molecule has 1 amide bonds. The molecule has 2 aromatic heterocycles. The fourth-order valence-electron chi connectivity index (χ4n) is 2.76. The standard InChI is InChI=1S/C22H16BrN5O/c23-19-8-6-16(7-9-19)21-18(15-28(27-21)20-4-2-1-3-5-20)14-25-26-22(29)17-10-12-24-13-11-17/h1-15H,(H,26,29)/b25-14-. The first-order valence-corrected chi connectivity index (χ1v) is 9.64. The predicted molar refractivity (Wildman–Crippen MR) is 116 cm³/mol. The Labute approximate surface area is 176 Å². The molecule has 0 unspecified atom stereocenters. The van der Waals surface area contributed by atoms with Crippen molar-refractivity contribution in [2.24, 2.45) is 5.10 Å². The van der Waals surface area contributed by atoms with Crippen LogP contribution in [0, 0.1) is 0 Å². The van der Waals surface area contributed by atoms with Crippen molar-refractivity contribution >= 4 is 28.1 Å². The lowest BCUT2D eigenvalue weighted by molar-refractivity contribution is 0.0955. The highest BCUT2D eigenvalue weighted by molar-refractivity contribution is 9.10. The van der Waals surface area contributed by atoms with Crippen molar-refractivity contribution in [2.45, 2.75) is 0 Å². The van der Waals surface area contributed by atoms with Crippen molar-refractivity contribution in [3.63, 3.8) is 0 Å². The molecule has 1 N–H and O–H groups in total. The number of rotatable bonds is 5. The predicted octanol–water partition coefficient (Wildman–Crippen LogP) is 4.46. The van der Waals surface area contributed by atoms with Gasteiger partial charge in [-0.1, -0.05) is 46.3 Å². The van der Waals surface area contributed by atoms with Crippen LogP contribution in [0.1, 0.15) is 15.9 Å². The van der Waals surface area contributed by atoms with Crippen molar-refractivity contribution in [3.8, 4) is 16.9 Å². The average molecular weight is 446 g/mol. The Kier molecular flexibility index (Phi) is 5.58. The summed E-state index contributed by atoms with van der Waals surface area (Å²) in [6.07, 6.45) is 6.61. The molecule has 0 bridgehead atoms. The minimum atomic E-state index is -0.302. The molecule has 7 heteroatoms. The molecule has 0 aliphatic carbocycles. The number of nitrogens with zero attached hydrogens (tertiary/aromatic N) is 4. The lowest BCUT2D eigenvalue weighted by Crippen LogP contribution is -2.17. The number of pyridine rings is 1. The van der Waals surface area contributed by atoms with Gasteiger partial charge in [-0.2, -0.15) is 10.2 Å². The minimum absolute atomic E-state index is 0.302. The molecule has 2 aromatic carbocycles. The fourth-order valence-corrected chi connectivity index (χ4v) is 3.02. The van der Waals surface area contributed by atoms with Crippen LogP contribution in [-0.2, 0) is 0 Å². The van der Waals surface area contributed by atoms with Gasteiger partial charge in [-0.05, 0) is 36.4 Å². The summed E-state index contributed by atoms with van der Waals surface area (Å²) in [5.74, 6) is -0.302. The molecule has 0 saturated carbocycles. The van der Waals surface area contributed by atoms with E-state index in [1.807, 2.05) is 60.8 Å². The van der Waals surface area contributed by atoms with Gasteiger partial charge in [0.2, 0.25) is 0 Å². The van der Waals surface area contributed by atoms with Crippen molar-refractivity contribution in [1.82, 2.24) is 20.2 Å². The van der Waals surface area contributed by atoms with E-state index in [9.17, 15) is 4.79 Å². The maximum Gasteiger partial charge on any atom is 0.271 e. The number of nitrogens with one attached hydrogen (secondary N) is 1. The number of hydrazone groups is 1. The van der Waals surface area contributed by atoms with Crippen LogP contribution in [0.25, 0.3) is 16.9 Å². The molecule has 0 atom stereocenters. The number of aromatic nitrogens is 3. The maximum atomic E-state index is 12.2. The zero-order chi connectivity index (χ0) is 20.1. The van der Waals surface area contributed by atoms with Gasteiger partial charge in [-0.15, -0.1) is 0 Å². The molecule has 0 radical (unpaired) electrons. The summed E-state index contributed by atoms with van der Waals surface area (Å²) < 4.78 is 2.78. The number of carbonyl (C=O) groups is 1. The Hall–Kier alpha value is -3.58. The zero-order valence-electron chi connectivity index (χ0n) is 15.2. The Morgan fingerprint density at radius 3 is 2.45 bits per heavy atom. The second-order valence-electron chi connectivity index (χ2n) is 6.16. The fraction of sp³-hybridized carbons (Fsp3) is 0. The van der Waals surface area contributed by atoms with Crippen molar-refractivity contribution < 1.29 is 4.79 Å². The molecule has 0 aliphatic heterocycles. The Balaban J connectivity index is 1.64. The molecule has 4 aromatic rings. The van der Waals surface area contributed by atoms with Crippen LogP contribution in [0.15, 0.2) is 94.9 Å². The van der Waals surface area contributed by atoms with Crippen LogP contribution in [-0.4, -0.2) is 26.9 Å². The van der Waals surface area contributed by atoms with Gasteiger partial charge in [0.05, 0.1) is 11.9 Å². The van der Waals surface area contributed by atoms with Crippen molar-refractivity contribution in [3.05, 3.63) is 101 Å². The van der Waals surface area contributed by atoms with Gasteiger partial charge in [0, 0.05) is 39.8 Å². The SMILES string of the molecule is O=C(N/N=C\c1cn(-c2ccccc2)nc1-c1ccc(Br)cc1)c1ccncc1. The highest BCUT2D eigenvalue weighted by atomic mass is 79.9. The van der Waals surface area contributed by atoms with Gasteiger partial charge in [-0.3, -0.25) is 9.78 Å². The molecule has 2 heterocycles. The van der Waals surface area contributed by atoms with Gasteiger partial charge in [0.1, 0.15) is 5.69 Å². The van der Waals surface area contributed by atoms with E-state index >= 15 is 0 Å². The van der Waals surface area contributed by atoms with Crippen LogP contribution in [0.3, 0.4) is 0 Å². The Morgan fingerprint density at radius 2 is 1.72 bits per heavy atom. The summed E-state index contributed by atoms with van der Waals surface area (Å²) in [5, 5.41) is 8.85. The molecule has 142 valence electrons. The number of amides is 1.